The Labute approximate surface area is 86.4 Å². The first-order valence-corrected chi connectivity index (χ1v) is 4.60. The summed E-state index contributed by atoms with van der Waals surface area (Å²) >= 11 is 0. The van der Waals surface area contributed by atoms with Gasteiger partial charge in [-0.1, -0.05) is 0 Å². The van der Waals surface area contributed by atoms with Crippen LogP contribution in [0, 0.1) is 0 Å². The lowest BCUT2D eigenvalue weighted by Crippen LogP contribution is -2.04. The largest absolute Gasteiger partial charge is 0.472 e. The van der Waals surface area contributed by atoms with E-state index in [0.717, 1.165) is 5.56 Å². The molecule has 2 aromatic rings. The molecule has 4 heteroatoms. The summed E-state index contributed by atoms with van der Waals surface area (Å²) in [7, 11) is 0. The summed E-state index contributed by atoms with van der Waals surface area (Å²) < 4.78 is 15.0. The number of rotatable bonds is 3. The van der Waals surface area contributed by atoms with Gasteiger partial charge in [0.15, 0.2) is 5.76 Å². The van der Waals surface area contributed by atoms with Crippen LogP contribution >= 0.6 is 0 Å². The third kappa shape index (κ3) is 1.79. The average molecular weight is 206 g/mol. The number of hydrogen-bond acceptors (Lipinski definition) is 4. The molecule has 0 bridgehead atoms. The van der Waals surface area contributed by atoms with Crippen molar-refractivity contribution in [3.05, 3.63) is 36.5 Å². The molecule has 78 valence electrons. The standard InChI is InChI=1S/C11H10O4/c1-2-14-11(12)9-4-6-15-10(9)8-3-5-13-7-8/h3-7H,2H2,1H3. The van der Waals surface area contributed by atoms with Crippen LogP contribution in [0.1, 0.15) is 17.3 Å². The third-order valence-corrected chi connectivity index (χ3v) is 1.94. The highest BCUT2D eigenvalue weighted by molar-refractivity contribution is 5.95. The third-order valence-electron chi connectivity index (χ3n) is 1.94. The summed E-state index contributed by atoms with van der Waals surface area (Å²) in [5.41, 5.74) is 1.14. The Bertz CT molecular complexity index is 439. The molecule has 2 rings (SSSR count). The lowest BCUT2D eigenvalue weighted by atomic mass is 10.1. The molecule has 0 amide bonds. The van der Waals surface area contributed by atoms with Crippen LogP contribution in [0.5, 0.6) is 0 Å². The lowest BCUT2D eigenvalue weighted by Gasteiger charge is -2.00. The molecule has 0 saturated heterocycles. The van der Waals surface area contributed by atoms with Gasteiger partial charge in [0.05, 0.1) is 24.7 Å². The number of esters is 1. The van der Waals surface area contributed by atoms with Gasteiger partial charge in [-0.2, -0.15) is 0 Å². The minimum Gasteiger partial charge on any atom is -0.472 e. The van der Waals surface area contributed by atoms with E-state index in [1.807, 2.05) is 0 Å². The monoisotopic (exact) mass is 206 g/mol. The molecule has 15 heavy (non-hydrogen) atoms. The van der Waals surface area contributed by atoms with Crippen molar-refractivity contribution in [2.45, 2.75) is 6.92 Å². The molecule has 0 saturated carbocycles. The molecule has 0 aromatic carbocycles. The van der Waals surface area contributed by atoms with Crippen LogP contribution in [0.3, 0.4) is 0 Å². The fourth-order valence-electron chi connectivity index (χ4n) is 1.30. The second kappa shape index (κ2) is 4.04. The second-order valence-electron chi connectivity index (χ2n) is 2.90. The first-order chi connectivity index (χ1) is 7.33. The van der Waals surface area contributed by atoms with E-state index in [4.69, 9.17) is 13.6 Å². The topological polar surface area (TPSA) is 52.6 Å². The maximum atomic E-state index is 11.5. The Morgan fingerprint density at radius 1 is 1.40 bits per heavy atom. The molecule has 0 spiro atoms. The molecule has 0 atom stereocenters. The fourth-order valence-corrected chi connectivity index (χ4v) is 1.30. The van der Waals surface area contributed by atoms with Crippen molar-refractivity contribution in [3.63, 3.8) is 0 Å². The highest BCUT2D eigenvalue weighted by Crippen LogP contribution is 2.25. The zero-order valence-electron chi connectivity index (χ0n) is 8.23. The Morgan fingerprint density at radius 3 is 2.93 bits per heavy atom. The normalized spacial score (nSPS) is 10.2. The van der Waals surface area contributed by atoms with E-state index in [9.17, 15) is 4.79 Å². The lowest BCUT2D eigenvalue weighted by molar-refractivity contribution is 0.0527. The number of furan rings is 2. The van der Waals surface area contributed by atoms with Crippen molar-refractivity contribution >= 4 is 5.97 Å². The van der Waals surface area contributed by atoms with Crippen molar-refractivity contribution in [2.75, 3.05) is 6.61 Å². The summed E-state index contributed by atoms with van der Waals surface area (Å²) in [5, 5.41) is 0. The van der Waals surface area contributed by atoms with Gasteiger partial charge in [-0.05, 0) is 19.1 Å². The van der Waals surface area contributed by atoms with Crippen molar-refractivity contribution in [1.82, 2.24) is 0 Å². The van der Waals surface area contributed by atoms with Crippen LogP contribution < -0.4 is 0 Å². The summed E-state index contributed by atoms with van der Waals surface area (Å²) in [6.07, 6.45) is 4.49. The molecule has 0 aliphatic carbocycles. The van der Waals surface area contributed by atoms with Crippen molar-refractivity contribution in [3.8, 4) is 11.3 Å². The first kappa shape index (κ1) is 9.58. The van der Waals surface area contributed by atoms with Gasteiger partial charge < -0.3 is 13.6 Å². The van der Waals surface area contributed by atoms with Crippen molar-refractivity contribution in [2.24, 2.45) is 0 Å². The zero-order chi connectivity index (χ0) is 10.7. The molecule has 0 unspecified atom stereocenters. The Hall–Kier alpha value is -1.97. The van der Waals surface area contributed by atoms with Gasteiger partial charge in [-0.15, -0.1) is 0 Å². The van der Waals surface area contributed by atoms with E-state index in [1.54, 1.807) is 19.1 Å². The molecular weight excluding hydrogens is 196 g/mol. The highest BCUT2D eigenvalue weighted by Gasteiger charge is 2.17. The van der Waals surface area contributed by atoms with Gasteiger partial charge in [0.2, 0.25) is 0 Å². The van der Waals surface area contributed by atoms with Gasteiger partial charge in [0.1, 0.15) is 11.8 Å². The number of ether oxygens (including phenoxy) is 1. The Balaban J connectivity index is 2.34. The predicted octanol–water partition coefficient (Wildman–Crippen LogP) is 2.72. The van der Waals surface area contributed by atoms with E-state index in [-0.39, 0.29) is 5.97 Å². The number of carbonyl (C=O) groups excluding carboxylic acids is 1. The SMILES string of the molecule is CCOC(=O)c1ccoc1-c1ccoc1. The molecule has 0 radical (unpaired) electrons. The molecule has 4 nitrogen and oxygen atoms in total. The molecule has 0 fully saturated rings. The van der Waals surface area contributed by atoms with E-state index >= 15 is 0 Å². The minimum atomic E-state index is -0.387. The predicted molar refractivity (Wildman–Crippen MR) is 52.4 cm³/mol. The van der Waals surface area contributed by atoms with Crippen molar-refractivity contribution in [1.29, 1.82) is 0 Å². The quantitative estimate of drug-likeness (QED) is 0.724. The van der Waals surface area contributed by atoms with Crippen molar-refractivity contribution < 1.29 is 18.4 Å². The van der Waals surface area contributed by atoms with Gasteiger partial charge in [0.25, 0.3) is 0 Å². The highest BCUT2D eigenvalue weighted by atomic mass is 16.5. The first-order valence-electron chi connectivity index (χ1n) is 4.60. The van der Waals surface area contributed by atoms with Gasteiger partial charge in [-0.3, -0.25) is 0 Å². The zero-order valence-corrected chi connectivity index (χ0v) is 8.23. The average Bonchev–Trinajstić information content (AvgIpc) is 2.88. The van der Waals surface area contributed by atoms with Crippen LogP contribution in [0.2, 0.25) is 0 Å². The molecule has 0 N–H and O–H groups in total. The van der Waals surface area contributed by atoms with E-state index in [0.29, 0.717) is 17.9 Å². The molecule has 2 heterocycles. The Kier molecular flexibility index (Phi) is 2.58. The smallest absolute Gasteiger partial charge is 0.342 e. The van der Waals surface area contributed by atoms with Gasteiger partial charge >= 0.3 is 5.97 Å². The molecule has 2 aromatic heterocycles. The maximum absolute atomic E-state index is 11.5. The van der Waals surface area contributed by atoms with Crippen LogP contribution in [-0.2, 0) is 4.74 Å². The van der Waals surface area contributed by atoms with Gasteiger partial charge in [0, 0.05) is 0 Å². The number of hydrogen-bond donors (Lipinski definition) is 0. The summed E-state index contributed by atoms with van der Waals surface area (Å²) in [6, 6.07) is 3.31. The number of carbonyl (C=O) groups is 1. The van der Waals surface area contributed by atoms with E-state index in [2.05, 4.69) is 0 Å². The van der Waals surface area contributed by atoms with Crippen LogP contribution in [-0.4, -0.2) is 12.6 Å². The molecule has 0 aliphatic rings. The Morgan fingerprint density at radius 2 is 2.27 bits per heavy atom. The summed E-state index contributed by atoms with van der Waals surface area (Å²) in [6.45, 7) is 2.10. The minimum absolute atomic E-state index is 0.342. The second-order valence-corrected chi connectivity index (χ2v) is 2.90. The summed E-state index contributed by atoms with van der Waals surface area (Å²) in [4.78, 5) is 11.5. The summed E-state index contributed by atoms with van der Waals surface area (Å²) in [5.74, 6) is 0.0876. The van der Waals surface area contributed by atoms with E-state index in [1.165, 1.54) is 18.8 Å². The maximum Gasteiger partial charge on any atom is 0.342 e. The van der Waals surface area contributed by atoms with E-state index < -0.39 is 0 Å². The van der Waals surface area contributed by atoms with Gasteiger partial charge in [-0.25, -0.2) is 4.79 Å². The molecule has 0 aliphatic heterocycles. The van der Waals surface area contributed by atoms with Crippen LogP contribution in [0.4, 0.5) is 0 Å². The fraction of sp³-hybridized carbons (Fsp3) is 0.182. The van der Waals surface area contributed by atoms with Crippen LogP contribution in [0.25, 0.3) is 11.3 Å². The molecular formula is C11H10O4. The van der Waals surface area contributed by atoms with Crippen LogP contribution in [0.15, 0.2) is 39.8 Å².